The number of carbonyl (C=O) groups excluding carboxylic acids is 2. The smallest absolute Gasteiger partial charge is 0.369 e. The van der Waals surface area contributed by atoms with Crippen LogP contribution in [0.3, 0.4) is 0 Å². The Morgan fingerprint density at radius 1 is 1.38 bits per heavy atom. The highest BCUT2D eigenvalue weighted by Crippen LogP contribution is 2.16. The van der Waals surface area contributed by atoms with Gasteiger partial charge in [0.05, 0.1) is 6.54 Å². The van der Waals surface area contributed by atoms with E-state index in [1.807, 2.05) is 4.90 Å². The molecular formula is C12H20F3N3O3. The molecule has 1 heterocycles. The molecule has 0 aliphatic carbocycles. The second-order valence-electron chi connectivity index (χ2n) is 5.09. The number of amides is 2. The molecule has 9 heteroatoms. The zero-order chi connectivity index (χ0) is 16.0. The molecule has 1 fully saturated rings. The minimum atomic E-state index is -4.45. The molecule has 3 N–H and O–H groups in total. The lowest BCUT2D eigenvalue weighted by Gasteiger charge is -2.32. The first-order valence-corrected chi connectivity index (χ1v) is 6.67. The van der Waals surface area contributed by atoms with Crippen LogP contribution < -0.4 is 11.1 Å². The lowest BCUT2D eigenvalue weighted by molar-refractivity contribution is -0.185. The first kappa shape index (κ1) is 17.7. The molecule has 0 aromatic heterocycles. The monoisotopic (exact) mass is 311 g/mol. The van der Waals surface area contributed by atoms with Crippen LogP contribution in [0, 0.1) is 0 Å². The van der Waals surface area contributed by atoms with Gasteiger partial charge < -0.3 is 15.8 Å². The van der Waals surface area contributed by atoms with Crippen molar-refractivity contribution in [1.29, 1.82) is 0 Å². The number of piperidine rings is 1. The van der Waals surface area contributed by atoms with Crippen molar-refractivity contribution in [3.63, 3.8) is 0 Å². The van der Waals surface area contributed by atoms with Crippen LogP contribution in [0.25, 0.3) is 0 Å². The summed E-state index contributed by atoms with van der Waals surface area (Å²) in [5, 5.41) is 2.65. The SMILES string of the molecule is C[C@@H](OCC(F)(F)F)C(=O)NC1CCN(CC(N)=O)CC1. The molecule has 1 aliphatic rings. The number of halogens is 3. The third-order valence-electron chi connectivity index (χ3n) is 3.18. The van der Waals surface area contributed by atoms with Gasteiger partial charge in [-0.25, -0.2) is 0 Å². The van der Waals surface area contributed by atoms with Crippen LogP contribution in [0.1, 0.15) is 19.8 Å². The number of alkyl halides is 3. The van der Waals surface area contributed by atoms with E-state index in [1.54, 1.807) is 0 Å². The van der Waals surface area contributed by atoms with Crippen LogP contribution in [-0.2, 0) is 14.3 Å². The third-order valence-corrected chi connectivity index (χ3v) is 3.18. The molecule has 6 nitrogen and oxygen atoms in total. The molecule has 0 aromatic rings. The van der Waals surface area contributed by atoms with Gasteiger partial charge in [-0.15, -0.1) is 0 Å². The van der Waals surface area contributed by atoms with Crippen molar-refractivity contribution < 1.29 is 27.5 Å². The molecule has 0 radical (unpaired) electrons. The van der Waals surface area contributed by atoms with Gasteiger partial charge in [0.2, 0.25) is 11.8 Å². The second-order valence-corrected chi connectivity index (χ2v) is 5.09. The maximum Gasteiger partial charge on any atom is 0.411 e. The Balaban J connectivity index is 2.28. The topological polar surface area (TPSA) is 84.7 Å². The summed E-state index contributed by atoms with van der Waals surface area (Å²) >= 11 is 0. The number of hydrogen-bond acceptors (Lipinski definition) is 4. The summed E-state index contributed by atoms with van der Waals surface area (Å²) in [5.74, 6) is -0.973. The molecule has 0 spiro atoms. The van der Waals surface area contributed by atoms with Gasteiger partial charge in [-0.2, -0.15) is 13.2 Å². The number of ether oxygens (including phenoxy) is 1. The Hall–Kier alpha value is -1.35. The Morgan fingerprint density at radius 3 is 2.43 bits per heavy atom. The summed E-state index contributed by atoms with van der Waals surface area (Å²) in [6.07, 6.45) is -4.37. The largest absolute Gasteiger partial charge is 0.411 e. The zero-order valence-electron chi connectivity index (χ0n) is 11.8. The van der Waals surface area contributed by atoms with Crippen LogP contribution in [-0.4, -0.2) is 61.3 Å². The number of nitrogens with one attached hydrogen (secondary N) is 1. The summed E-state index contributed by atoms with van der Waals surface area (Å²) in [5.41, 5.74) is 5.09. The predicted molar refractivity (Wildman–Crippen MR) is 68.3 cm³/mol. The van der Waals surface area contributed by atoms with E-state index in [1.165, 1.54) is 6.92 Å². The van der Waals surface area contributed by atoms with E-state index in [0.29, 0.717) is 25.9 Å². The highest BCUT2D eigenvalue weighted by molar-refractivity contribution is 5.80. The number of rotatable bonds is 6. The Bertz CT molecular complexity index is 368. The van der Waals surface area contributed by atoms with E-state index in [4.69, 9.17) is 5.73 Å². The van der Waals surface area contributed by atoms with Gasteiger partial charge in [-0.1, -0.05) is 0 Å². The molecule has 0 unspecified atom stereocenters. The van der Waals surface area contributed by atoms with Crippen LogP contribution in [0.4, 0.5) is 13.2 Å². The van der Waals surface area contributed by atoms with Crippen molar-refractivity contribution in [1.82, 2.24) is 10.2 Å². The van der Waals surface area contributed by atoms with Crippen molar-refractivity contribution >= 4 is 11.8 Å². The molecule has 0 aromatic carbocycles. The first-order valence-electron chi connectivity index (χ1n) is 6.67. The van der Waals surface area contributed by atoms with Gasteiger partial charge in [0.15, 0.2) is 0 Å². The van der Waals surface area contributed by atoms with Crippen molar-refractivity contribution in [3.05, 3.63) is 0 Å². The summed E-state index contributed by atoms with van der Waals surface area (Å²) in [7, 11) is 0. The van der Waals surface area contributed by atoms with Gasteiger partial charge in [0.25, 0.3) is 0 Å². The van der Waals surface area contributed by atoms with Crippen LogP contribution in [0.2, 0.25) is 0 Å². The molecule has 122 valence electrons. The van der Waals surface area contributed by atoms with Crippen LogP contribution in [0.5, 0.6) is 0 Å². The van der Waals surface area contributed by atoms with E-state index in [-0.39, 0.29) is 12.6 Å². The lowest BCUT2D eigenvalue weighted by atomic mass is 10.0. The van der Waals surface area contributed by atoms with Crippen LogP contribution in [0.15, 0.2) is 0 Å². The number of hydrogen-bond donors (Lipinski definition) is 2. The van der Waals surface area contributed by atoms with Crippen molar-refractivity contribution in [2.24, 2.45) is 5.73 Å². The summed E-state index contributed by atoms with van der Waals surface area (Å²) in [6.45, 7) is 1.21. The average molecular weight is 311 g/mol. The maximum absolute atomic E-state index is 12.0. The summed E-state index contributed by atoms with van der Waals surface area (Å²) in [6, 6.07) is -0.126. The number of carbonyl (C=O) groups is 2. The van der Waals surface area contributed by atoms with Gasteiger partial charge >= 0.3 is 6.18 Å². The fraction of sp³-hybridized carbons (Fsp3) is 0.833. The average Bonchev–Trinajstić information content (AvgIpc) is 2.36. The summed E-state index contributed by atoms with van der Waals surface area (Å²) in [4.78, 5) is 24.3. The summed E-state index contributed by atoms with van der Waals surface area (Å²) < 4.78 is 40.4. The standard InChI is InChI=1S/C12H20F3N3O3/c1-8(21-7-12(13,14)15)11(20)17-9-2-4-18(5-3-9)6-10(16)19/h8-9H,2-7H2,1H3,(H2,16,19)(H,17,20)/t8-/m1/s1. The first-order chi connectivity index (χ1) is 9.67. The minimum absolute atomic E-state index is 0.126. The van der Waals surface area contributed by atoms with Gasteiger partial charge in [0, 0.05) is 19.1 Å². The van der Waals surface area contributed by atoms with E-state index in [2.05, 4.69) is 10.1 Å². The fourth-order valence-electron chi connectivity index (χ4n) is 2.07. The maximum atomic E-state index is 12.0. The van der Waals surface area contributed by atoms with Crippen molar-refractivity contribution in [3.8, 4) is 0 Å². The Kier molecular flexibility index (Phi) is 6.41. The highest BCUT2D eigenvalue weighted by Gasteiger charge is 2.30. The molecule has 1 rings (SSSR count). The highest BCUT2D eigenvalue weighted by atomic mass is 19.4. The molecule has 0 saturated carbocycles. The molecular weight excluding hydrogens is 291 g/mol. The molecule has 1 saturated heterocycles. The lowest BCUT2D eigenvalue weighted by Crippen LogP contribution is -2.49. The number of likely N-dealkylation sites (tertiary alicyclic amines) is 1. The number of nitrogens with two attached hydrogens (primary N) is 1. The zero-order valence-corrected chi connectivity index (χ0v) is 11.8. The van der Waals surface area contributed by atoms with Gasteiger partial charge in [-0.05, 0) is 19.8 Å². The molecule has 0 bridgehead atoms. The van der Waals surface area contributed by atoms with E-state index < -0.39 is 30.7 Å². The second kappa shape index (κ2) is 7.60. The van der Waals surface area contributed by atoms with E-state index in [9.17, 15) is 22.8 Å². The predicted octanol–water partition coefficient (Wildman–Crippen LogP) is 0.0197. The molecule has 2 amide bonds. The van der Waals surface area contributed by atoms with E-state index in [0.717, 1.165) is 0 Å². The quantitative estimate of drug-likeness (QED) is 0.724. The number of primary amides is 1. The van der Waals surface area contributed by atoms with E-state index >= 15 is 0 Å². The normalized spacial score (nSPS) is 19.2. The molecule has 1 atom stereocenters. The fourth-order valence-corrected chi connectivity index (χ4v) is 2.07. The Morgan fingerprint density at radius 2 is 1.95 bits per heavy atom. The van der Waals surface area contributed by atoms with Gasteiger partial charge in [-0.3, -0.25) is 14.5 Å². The Labute approximate surface area is 120 Å². The van der Waals surface area contributed by atoms with Crippen LogP contribution >= 0.6 is 0 Å². The molecule has 21 heavy (non-hydrogen) atoms. The minimum Gasteiger partial charge on any atom is -0.369 e. The molecule has 1 aliphatic heterocycles. The third kappa shape index (κ3) is 7.28. The van der Waals surface area contributed by atoms with Gasteiger partial charge in [0.1, 0.15) is 12.7 Å². The van der Waals surface area contributed by atoms with Crippen molar-refractivity contribution in [2.75, 3.05) is 26.2 Å². The van der Waals surface area contributed by atoms with Crippen molar-refractivity contribution in [2.45, 2.75) is 38.1 Å². The number of nitrogens with zero attached hydrogens (tertiary/aromatic N) is 1.